The molecule has 0 saturated heterocycles. The van der Waals surface area contributed by atoms with Crippen molar-refractivity contribution in [2.45, 2.75) is 4.90 Å². The number of nitrogen functional groups attached to an aromatic ring is 1. The number of nitrogens with two attached hydrogens (primary N) is 1. The Morgan fingerprint density at radius 1 is 1.42 bits per heavy atom. The van der Waals surface area contributed by atoms with Gasteiger partial charge in [0, 0.05) is 29.6 Å². The number of fused-ring (bicyclic) bond motifs is 1. The molecular weight excluding hydrogens is 301 g/mol. The molecule has 0 bridgehead atoms. The van der Waals surface area contributed by atoms with Crippen LogP contribution in [0.15, 0.2) is 22.4 Å². The number of thiol groups is 1. The Morgan fingerprint density at radius 3 is 2.92 bits per heavy atom. The Bertz CT molecular complexity index is 436. The highest BCUT2D eigenvalue weighted by atomic mass is 127. The summed E-state index contributed by atoms with van der Waals surface area (Å²) in [6.45, 7) is 0. The van der Waals surface area contributed by atoms with E-state index < -0.39 is 0 Å². The van der Waals surface area contributed by atoms with E-state index in [9.17, 15) is 0 Å². The van der Waals surface area contributed by atoms with Crippen LogP contribution in [0.1, 0.15) is 0 Å². The average molecular weight is 307 g/mol. The third kappa shape index (κ3) is 1.22. The van der Waals surface area contributed by atoms with Gasteiger partial charge in [0.15, 0.2) is 0 Å². The van der Waals surface area contributed by atoms with Crippen molar-refractivity contribution in [3.63, 3.8) is 0 Å². The molecule has 0 aliphatic rings. The van der Waals surface area contributed by atoms with Crippen LogP contribution in [0.4, 0.5) is 5.69 Å². The van der Waals surface area contributed by atoms with E-state index in [2.05, 4.69) is 35.2 Å². The summed E-state index contributed by atoms with van der Waals surface area (Å²) in [5, 5.41) is 3.22. The molecule has 62 valence electrons. The lowest BCUT2D eigenvalue weighted by Crippen LogP contribution is -1.88. The summed E-state index contributed by atoms with van der Waals surface area (Å²) in [4.78, 5) is 1.02. The van der Waals surface area contributed by atoms with Gasteiger partial charge in [-0.3, -0.25) is 0 Å². The molecule has 0 spiro atoms. The molecular formula is C8H6INS2. The number of halogens is 1. The molecule has 0 amide bonds. The van der Waals surface area contributed by atoms with Gasteiger partial charge >= 0.3 is 0 Å². The second-order valence-electron chi connectivity index (χ2n) is 2.46. The number of rotatable bonds is 0. The highest BCUT2D eigenvalue weighted by Gasteiger charge is 2.06. The van der Waals surface area contributed by atoms with Crippen molar-refractivity contribution in [1.82, 2.24) is 0 Å². The predicted molar refractivity (Wildman–Crippen MR) is 66.2 cm³/mol. The predicted octanol–water partition coefficient (Wildman–Crippen LogP) is 3.38. The van der Waals surface area contributed by atoms with Crippen molar-refractivity contribution in [3.8, 4) is 0 Å². The van der Waals surface area contributed by atoms with Crippen molar-refractivity contribution < 1.29 is 0 Å². The second-order valence-corrected chi connectivity index (χ2v) is 4.93. The zero-order valence-electron chi connectivity index (χ0n) is 6.04. The molecule has 0 radical (unpaired) electrons. The van der Waals surface area contributed by atoms with Crippen molar-refractivity contribution in [1.29, 1.82) is 0 Å². The molecule has 1 aromatic carbocycles. The molecule has 2 aromatic rings. The first-order valence-electron chi connectivity index (χ1n) is 3.34. The molecule has 4 heteroatoms. The minimum absolute atomic E-state index is 0.830. The fourth-order valence-corrected chi connectivity index (χ4v) is 3.55. The second kappa shape index (κ2) is 3.08. The van der Waals surface area contributed by atoms with Gasteiger partial charge in [-0.1, -0.05) is 0 Å². The lowest BCUT2D eigenvalue weighted by Gasteiger charge is -1.99. The summed E-state index contributed by atoms with van der Waals surface area (Å²) in [5.74, 6) is 0. The molecule has 0 atom stereocenters. The Balaban J connectivity index is 2.96. The molecule has 2 N–H and O–H groups in total. The first-order chi connectivity index (χ1) is 5.70. The Morgan fingerprint density at radius 2 is 2.17 bits per heavy atom. The Kier molecular flexibility index (Phi) is 2.22. The fraction of sp³-hybridized carbons (Fsp3) is 0. The lowest BCUT2D eigenvalue weighted by atomic mass is 10.2. The van der Waals surface area contributed by atoms with Crippen molar-refractivity contribution in [2.75, 3.05) is 5.73 Å². The summed E-state index contributed by atoms with van der Waals surface area (Å²) in [5.41, 5.74) is 6.61. The minimum atomic E-state index is 0.830. The van der Waals surface area contributed by atoms with Gasteiger partial charge < -0.3 is 5.73 Å². The number of benzene rings is 1. The van der Waals surface area contributed by atoms with Crippen LogP contribution in [0, 0.1) is 3.57 Å². The molecule has 12 heavy (non-hydrogen) atoms. The first kappa shape index (κ1) is 8.65. The lowest BCUT2D eigenvalue weighted by molar-refractivity contribution is 1.63. The highest BCUT2D eigenvalue weighted by molar-refractivity contribution is 14.1. The highest BCUT2D eigenvalue weighted by Crippen LogP contribution is 2.34. The summed E-state index contributed by atoms with van der Waals surface area (Å²) < 4.78 is 2.36. The van der Waals surface area contributed by atoms with Crippen LogP contribution in [-0.2, 0) is 0 Å². The van der Waals surface area contributed by atoms with E-state index in [1.807, 2.05) is 17.5 Å². The van der Waals surface area contributed by atoms with Gasteiger partial charge in [0.1, 0.15) is 0 Å². The summed E-state index contributed by atoms with van der Waals surface area (Å²) in [6.07, 6.45) is 0. The number of hydrogen-bond donors (Lipinski definition) is 2. The first-order valence-corrected chi connectivity index (χ1v) is 5.75. The smallest absolute Gasteiger partial charge is 0.0458 e. The van der Waals surface area contributed by atoms with E-state index in [1.54, 1.807) is 11.3 Å². The maximum absolute atomic E-state index is 5.78. The van der Waals surface area contributed by atoms with Crippen LogP contribution in [-0.4, -0.2) is 0 Å². The molecule has 1 heterocycles. The Labute approximate surface area is 93.5 Å². The Hall–Kier alpha value is 0.0600. The van der Waals surface area contributed by atoms with E-state index in [0.717, 1.165) is 14.2 Å². The van der Waals surface area contributed by atoms with Crippen LogP contribution < -0.4 is 5.73 Å². The van der Waals surface area contributed by atoms with Gasteiger partial charge in [-0.25, -0.2) is 0 Å². The largest absolute Gasteiger partial charge is 0.398 e. The number of hydrogen-bond acceptors (Lipinski definition) is 3. The average Bonchev–Trinajstić information content (AvgIpc) is 2.41. The normalized spacial score (nSPS) is 10.8. The van der Waals surface area contributed by atoms with Gasteiger partial charge in [-0.2, -0.15) is 0 Å². The van der Waals surface area contributed by atoms with E-state index in [0.29, 0.717) is 0 Å². The SMILES string of the molecule is Nc1ccc2scc(S)c2c1I. The van der Waals surface area contributed by atoms with Crippen molar-refractivity contribution in [2.24, 2.45) is 0 Å². The molecule has 1 aromatic heterocycles. The van der Waals surface area contributed by atoms with Gasteiger partial charge in [0.2, 0.25) is 0 Å². The summed E-state index contributed by atoms with van der Waals surface area (Å²) >= 11 is 8.33. The molecule has 0 unspecified atom stereocenters. The monoisotopic (exact) mass is 307 g/mol. The summed E-state index contributed by atoms with van der Waals surface area (Å²) in [6, 6.07) is 3.98. The number of thiophene rings is 1. The molecule has 0 aliphatic carbocycles. The van der Waals surface area contributed by atoms with E-state index in [1.165, 1.54) is 10.1 Å². The zero-order chi connectivity index (χ0) is 8.72. The standard InChI is InChI=1S/C8H6INS2/c9-8-4(10)1-2-6-7(8)5(11)3-12-6/h1-3,11H,10H2. The minimum Gasteiger partial charge on any atom is -0.398 e. The third-order valence-corrected chi connectivity index (χ3v) is 4.32. The van der Waals surface area contributed by atoms with Gasteiger partial charge in [-0.05, 0) is 34.7 Å². The van der Waals surface area contributed by atoms with Crippen LogP contribution in [0.3, 0.4) is 0 Å². The van der Waals surface area contributed by atoms with Gasteiger partial charge in [-0.15, -0.1) is 24.0 Å². The van der Waals surface area contributed by atoms with Crippen LogP contribution in [0.25, 0.3) is 10.1 Å². The van der Waals surface area contributed by atoms with Crippen molar-refractivity contribution in [3.05, 3.63) is 21.1 Å². The van der Waals surface area contributed by atoms with E-state index >= 15 is 0 Å². The van der Waals surface area contributed by atoms with Crippen LogP contribution in [0.5, 0.6) is 0 Å². The maximum Gasteiger partial charge on any atom is 0.0458 e. The van der Waals surface area contributed by atoms with Crippen LogP contribution >= 0.6 is 46.6 Å². The van der Waals surface area contributed by atoms with Crippen molar-refractivity contribution >= 4 is 62.3 Å². The molecule has 0 aliphatic heterocycles. The van der Waals surface area contributed by atoms with E-state index in [-0.39, 0.29) is 0 Å². The fourth-order valence-electron chi connectivity index (χ4n) is 1.09. The molecule has 0 fully saturated rings. The van der Waals surface area contributed by atoms with Gasteiger partial charge in [0.25, 0.3) is 0 Å². The van der Waals surface area contributed by atoms with Crippen LogP contribution in [0.2, 0.25) is 0 Å². The molecule has 1 nitrogen and oxygen atoms in total. The van der Waals surface area contributed by atoms with Gasteiger partial charge in [0.05, 0.1) is 0 Å². The third-order valence-electron chi connectivity index (χ3n) is 1.69. The zero-order valence-corrected chi connectivity index (χ0v) is 9.91. The molecule has 0 saturated carbocycles. The topological polar surface area (TPSA) is 26.0 Å². The quantitative estimate of drug-likeness (QED) is 0.435. The maximum atomic E-state index is 5.78. The number of anilines is 1. The van der Waals surface area contributed by atoms with E-state index in [4.69, 9.17) is 5.73 Å². The molecule has 2 rings (SSSR count). The summed E-state index contributed by atoms with van der Waals surface area (Å²) in [7, 11) is 0.